The summed E-state index contributed by atoms with van der Waals surface area (Å²) in [6.45, 7) is 6.40. The van der Waals surface area contributed by atoms with Crippen LogP contribution in [0.1, 0.15) is 44.5 Å². The largest absolute Gasteiger partial charge is 0.467 e. The molecule has 8 nitrogen and oxygen atoms in total. The normalized spacial score (nSPS) is 11.9. The van der Waals surface area contributed by atoms with E-state index >= 15 is 0 Å². The lowest BCUT2D eigenvalue weighted by molar-refractivity contribution is -0.158. The Morgan fingerprint density at radius 1 is 1.12 bits per heavy atom. The molecule has 0 spiro atoms. The fourth-order valence-electron chi connectivity index (χ4n) is 2.10. The third-order valence-corrected chi connectivity index (χ3v) is 3.06. The van der Waals surface area contributed by atoms with Crippen molar-refractivity contribution >= 4 is 29.4 Å². The number of methoxy groups -OCH3 is 1. The van der Waals surface area contributed by atoms with Crippen molar-refractivity contribution in [1.29, 1.82) is 0 Å². The highest BCUT2D eigenvalue weighted by Gasteiger charge is 2.28. The lowest BCUT2D eigenvalue weighted by Crippen LogP contribution is -2.44. The van der Waals surface area contributed by atoms with Gasteiger partial charge in [-0.1, -0.05) is 12.1 Å². The Morgan fingerprint density at radius 3 is 2.27 bits per heavy atom. The Bertz CT molecular complexity index is 693. The number of ether oxygens (including phenoxy) is 2. The third kappa shape index (κ3) is 6.92. The monoisotopic (exact) mass is 364 g/mol. The third-order valence-electron chi connectivity index (χ3n) is 3.06. The van der Waals surface area contributed by atoms with Crippen LogP contribution in [0.4, 0.5) is 5.69 Å². The molecule has 0 radical (unpaired) electrons. The highest BCUT2D eigenvalue weighted by atomic mass is 16.6. The topological polar surface area (TPSA) is 111 Å². The minimum absolute atomic E-state index is 0.154. The number of carbonyl (C=O) groups is 4. The van der Waals surface area contributed by atoms with Crippen LogP contribution in [0.25, 0.3) is 0 Å². The summed E-state index contributed by atoms with van der Waals surface area (Å²) < 4.78 is 9.82. The average molecular weight is 364 g/mol. The van der Waals surface area contributed by atoms with Crippen molar-refractivity contribution in [3.63, 3.8) is 0 Å². The van der Waals surface area contributed by atoms with E-state index in [2.05, 4.69) is 15.4 Å². The summed E-state index contributed by atoms with van der Waals surface area (Å²) in [5, 5.41) is 4.98. The molecular formula is C18H24N2O6. The Labute approximate surface area is 152 Å². The maximum absolute atomic E-state index is 12.5. The molecule has 0 unspecified atom stereocenters. The molecule has 2 amide bonds. The number of rotatable bonds is 6. The first-order valence-corrected chi connectivity index (χ1v) is 8.00. The number of esters is 2. The van der Waals surface area contributed by atoms with Crippen molar-refractivity contribution in [3.05, 3.63) is 29.8 Å². The van der Waals surface area contributed by atoms with Crippen LogP contribution >= 0.6 is 0 Å². The van der Waals surface area contributed by atoms with E-state index in [1.54, 1.807) is 39.0 Å². The molecule has 0 aliphatic carbocycles. The zero-order valence-electron chi connectivity index (χ0n) is 15.5. The van der Waals surface area contributed by atoms with Gasteiger partial charge in [-0.25, -0.2) is 4.79 Å². The molecule has 0 bridgehead atoms. The van der Waals surface area contributed by atoms with Crippen molar-refractivity contribution < 1.29 is 28.7 Å². The minimum Gasteiger partial charge on any atom is -0.467 e. The van der Waals surface area contributed by atoms with Crippen molar-refractivity contribution in [2.45, 2.75) is 45.8 Å². The predicted octanol–water partition coefficient (Wildman–Crippen LogP) is 1.65. The second-order valence-corrected chi connectivity index (χ2v) is 6.57. The van der Waals surface area contributed by atoms with Gasteiger partial charge >= 0.3 is 11.9 Å². The smallest absolute Gasteiger partial charge is 0.328 e. The van der Waals surface area contributed by atoms with E-state index in [0.717, 1.165) is 7.11 Å². The van der Waals surface area contributed by atoms with E-state index in [0.29, 0.717) is 5.69 Å². The summed E-state index contributed by atoms with van der Waals surface area (Å²) in [5.74, 6) is -2.40. The van der Waals surface area contributed by atoms with Crippen LogP contribution in [0.5, 0.6) is 0 Å². The fourth-order valence-corrected chi connectivity index (χ4v) is 2.10. The summed E-state index contributed by atoms with van der Waals surface area (Å²) >= 11 is 0. The van der Waals surface area contributed by atoms with Crippen molar-refractivity contribution in [1.82, 2.24) is 5.32 Å². The van der Waals surface area contributed by atoms with Gasteiger partial charge < -0.3 is 20.1 Å². The van der Waals surface area contributed by atoms with Crippen LogP contribution in [0.2, 0.25) is 0 Å². The van der Waals surface area contributed by atoms with Crippen LogP contribution in [0, 0.1) is 0 Å². The molecule has 0 aliphatic heterocycles. The van der Waals surface area contributed by atoms with E-state index in [-0.39, 0.29) is 17.9 Å². The van der Waals surface area contributed by atoms with E-state index < -0.39 is 29.5 Å². The number of benzene rings is 1. The SMILES string of the molecule is COC(=O)[C@H](CC(=O)OC(C)(C)C)NC(=O)c1ccccc1NC(C)=O. The van der Waals surface area contributed by atoms with Crippen molar-refractivity contribution in [2.24, 2.45) is 0 Å². The highest BCUT2D eigenvalue weighted by molar-refractivity contribution is 6.04. The van der Waals surface area contributed by atoms with Gasteiger partial charge in [-0.05, 0) is 32.9 Å². The molecule has 8 heteroatoms. The number of amides is 2. The molecule has 0 aromatic heterocycles. The van der Waals surface area contributed by atoms with Gasteiger partial charge in [-0.15, -0.1) is 0 Å². The zero-order valence-corrected chi connectivity index (χ0v) is 15.5. The summed E-state index contributed by atoms with van der Waals surface area (Å²) in [5.41, 5.74) is -0.279. The first-order chi connectivity index (χ1) is 12.0. The Balaban J connectivity index is 2.95. The molecule has 1 aromatic rings. The Hall–Kier alpha value is -2.90. The van der Waals surface area contributed by atoms with Gasteiger partial charge in [0, 0.05) is 6.92 Å². The number of hydrogen-bond acceptors (Lipinski definition) is 6. The van der Waals surface area contributed by atoms with Gasteiger partial charge in [0.2, 0.25) is 5.91 Å². The first-order valence-electron chi connectivity index (χ1n) is 8.00. The minimum atomic E-state index is -1.22. The summed E-state index contributed by atoms with van der Waals surface area (Å²) in [4.78, 5) is 47.7. The van der Waals surface area contributed by atoms with E-state index in [9.17, 15) is 19.2 Å². The lowest BCUT2D eigenvalue weighted by Gasteiger charge is -2.22. The second-order valence-electron chi connectivity index (χ2n) is 6.57. The summed E-state index contributed by atoms with van der Waals surface area (Å²) in [6.07, 6.45) is -0.377. The molecule has 0 saturated carbocycles. The molecule has 0 heterocycles. The van der Waals surface area contributed by atoms with Crippen LogP contribution < -0.4 is 10.6 Å². The molecule has 0 aliphatic rings. The van der Waals surface area contributed by atoms with Gasteiger partial charge in [-0.3, -0.25) is 14.4 Å². The quantitative estimate of drug-likeness (QED) is 0.743. The molecule has 2 N–H and O–H groups in total. The summed E-state index contributed by atoms with van der Waals surface area (Å²) in [6, 6.07) is 5.09. The van der Waals surface area contributed by atoms with Gasteiger partial charge in [-0.2, -0.15) is 0 Å². The molecule has 1 aromatic carbocycles. The van der Waals surface area contributed by atoms with E-state index in [1.165, 1.54) is 13.0 Å². The number of carbonyl (C=O) groups excluding carboxylic acids is 4. The molecule has 1 atom stereocenters. The molecule has 0 fully saturated rings. The molecule has 142 valence electrons. The summed E-state index contributed by atoms with van der Waals surface area (Å²) in [7, 11) is 1.15. The Kier molecular flexibility index (Phi) is 7.30. The lowest BCUT2D eigenvalue weighted by atomic mass is 10.1. The van der Waals surface area contributed by atoms with E-state index in [4.69, 9.17) is 4.74 Å². The standard InChI is InChI=1S/C18H24N2O6/c1-11(21)19-13-9-7-6-8-12(13)16(23)20-14(17(24)25-5)10-15(22)26-18(2,3)4/h6-9,14H,10H2,1-5H3,(H,19,21)(H,20,23)/t14-/m0/s1. The molecule has 0 saturated heterocycles. The van der Waals surface area contributed by atoms with Crippen LogP contribution in [0.15, 0.2) is 24.3 Å². The van der Waals surface area contributed by atoms with Crippen molar-refractivity contribution in [2.75, 3.05) is 12.4 Å². The van der Waals surface area contributed by atoms with Crippen LogP contribution in [-0.4, -0.2) is 42.5 Å². The first kappa shape index (κ1) is 21.1. The fraction of sp³-hybridized carbons (Fsp3) is 0.444. The van der Waals surface area contributed by atoms with Crippen LogP contribution in [0.3, 0.4) is 0 Å². The predicted molar refractivity (Wildman–Crippen MR) is 94.5 cm³/mol. The zero-order chi connectivity index (χ0) is 19.9. The maximum Gasteiger partial charge on any atom is 0.328 e. The molecule has 1 rings (SSSR count). The van der Waals surface area contributed by atoms with Gasteiger partial charge in [0.05, 0.1) is 24.8 Å². The number of anilines is 1. The second kappa shape index (κ2) is 8.98. The van der Waals surface area contributed by atoms with Gasteiger partial charge in [0.25, 0.3) is 5.91 Å². The number of nitrogens with one attached hydrogen (secondary N) is 2. The number of para-hydroxylation sites is 1. The molecule has 26 heavy (non-hydrogen) atoms. The molecular weight excluding hydrogens is 340 g/mol. The van der Waals surface area contributed by atoms with Crippen molar-refractivity contribution in [3.8, 4) is 0 Å². The van der Waals surface area contributed by atoms with Gasteiger partial charge in [0.15, 0.2) is 0 Å². The average Bonchev–Trinajstić information content (AvgIpc) is 2.51. The van der Waals surface area contributed by atoms with Gasteiger partial charge in [0.1, 0.15) is 11.6 Å². The number of hydrogen-bond donors (Lipinski definition) is 2. The Morgan fingerprint density at radius 2 is 1.73 bits per heavy atom. The van der Waals surface area contributed by atoms with E-state index in [1.807, 2.05) is 0 Å². The van der Waals surface area contributed by atoms with Crippen LogP contribution in [-0.2, 0) is 23.9 Å². The maximum atomic E-state index is 12.5. The highest BCUT2D eigenvalue weighted by Crippen LogP contribution is 2.16.